The summed E-state index contributed by atoms with van der Waals surface area (Å²) in [5, 5.41) is 2.05. The number of hydrogen-bond acceptors (Lipinski definition) is 4. The first-order valence-electron chi connectivity index (χ1n) is 10.8. The molecule has 1 amide bonds. The molecule has 0 radical (unpaired) electrons. The molecule has 7 heteroatoms. The number of sulfonamides is 1. The molecule has 4 rings (SSSR count). The molecule has 0 atom stereocenters. The molecule has 1 aliphatic heterocycles. The Morgan fingerprint density at radius 2 is 1.83 bits per heavy atom. The van der Waals surface area contributed by atoms with Gasteiger partial charge in [-0.2, -0.15) is 4.31 Å². The van der Waals surface area contributed by atoms with Crippen molar-refractivity contribution in [3.8, 4) is 0 Å². The van der Waals surface area contributed by atoms with Crippen molar-refractivity contribution in [1.29, 1.82) is 0 Å². The first-order valence-corrected chi connectivity index (χ1v) is 13.1. The molecule has 162 valence electrons. The van der Waals surface area contributed by atoms with E-state index in [1.807, 2.05) is 24.6 Å². The lowest BCUT2D eigenvalue weighted by molar-refractivity contribution is -0.135. The molecule has 1 saturated heterocycles. The van der Waals surface area contributed by atoms with Gasteiger partial charge < -0.3 is 4.90 Å². The van der Waals surface area contributed by atoms with Crippen LogP contribution in [-0.2, 0) is 34.2 Å². The summed E-state index contributed by atoms with van der Waals surface area (Å²) in [5.74, 6) is 0.0129. The predicted octanol–water partition coefficient (Wildman–Crippen LogP) is 3.99. The number of thiophene rings is 1. The number of carbonyl (C=O) groups is 1. The van der Waals surface area contributed by atoms with Gasteiger partial charge in [-0.3, -0.25) is 4.79 Å². The van der Waals surface area contributed by atoms with Crippen molar-refractivity contribution in [3.05, 3.63) is 51.2 Å². The van der Waals surface area contributed by atoms with E-state index >= 15 is 0 Å². The average Bonchev–Trinajstić information content (AvgIpc) is 3.17. The summed E-state index contributed by atoms with van der Waals surface area (Å²) in [6.45, 7) is 3.49. The summed E-state index contributed by atoms with van der Waals surface area (Å²) in [6.07, 6.45) is 5.48. The van der Waals surface area contributed by atoms with Gasteiger partial charge in [0.25, 0.3) is 0 Å². The van der Waals surface area contributed by atoms with Gasteiger partial charge in [0.2, 0.25) is 15.9 Å². The Balaban J connectivity index is 1.39. The largest absolute Gasteiger partial charge is 0.340 e. The van der Waals surface area contributed by atoms with Gasteiger partial charge in [0.05, 0.1) is 11.4 Å². The second-order valence-corrected chi connectivity index (χ2v) is 11.5. The van der Waals surface area contributed by atoms with Gasteiger partial charge in [-0.1, -0.05) is 6.07 Å². The molecule has 1 aromatic carbocycles. The fraction of sp³-hybridized carbons (Fsp3) is 0.522. The Labute approximate surface area is 183 Å². The molecule has 2 heterocycles. The maximum Gasteiger partial charge on any atom is 0.243 e. The summed E-state index contributed by atoms with van der Waals surface area (Å²) >= 11 is 1.67. The third kappa shape index (κ3) is 4.34. The molecule has 0 spiro atoms. The SMILES string of the molecule is Cc1ccsc1CN(C)C(=O)C1CCN(S(=O)(=O)c2ccc3c(c2)CCCC3)CC1. The molecule has 0 N–H and O–H groups in total. The lowest BCUT2D eigenvalue weighted by atomic mass is 9.92. The normalized spacial score (nSPS) is 18.2. The molecule has 1 aromatic heterocycles. The summed E-state index contributed by atoms with van der Waals surface area (Å²) in [4.78, 5) is 16.3. The van der Waals surface area contributed by atoms with E-state index in [-0.39, 0.29) is 11.8 Å². The fourth-order valence-corrected chi connectivity index (χ4v) is 7.01. The second kappa shape index (κ2) is 8.81. The highest BCUT2D eigenvalue weighted by Crippen LogP contribution is 2.29. The molecule has 30 heavy (non-hydrogen) atoms. The number of piperidine rings is 1. The van der Waals surface area contributed by atoms with Crippen LogP contribution in [0.2, 0.25) is 0 Å². The predicted molar refractivity (Wildman–Crippen MR) is 120 cm³/mol. The molecule has 1 fully saturated rings. The summed E-state index contributed by atoms with van der Waals surface area (Å²) in [7, 11) is -1.66. The van der Waals surface area contributed by atoms with Gasteiger partial charge in [0, 0.05) is 30.9 Å². The average molecular weight is 447 g/mol. The van der Waals surface area contributed by atoms with Gasteiger partial charge in [0.1, 0.15) is 0 Å². The Morgan fingerprint density at radius 3 is 2.50 bits per heavy atom. The van der Waals surface area contributed by atoms with Crippen molar-refractivity contribution >= 4 is 27.3 Å². The number of carbonyl (C=O) groups excluding carboxylic acids is 1. The Kier molecular flexibility index (Phi) is 6.32. The minimum Gasteiger partial charge on any atom is -0.340 e. The highest BCUT2D eigenvalue weighted by Gasteiger charge is 2.33. The van der Waals surface area contributed by atoms with Crippen LogP contribution in [0, 0.1) is 12.8 Å². The Hall–Kier alpha value is -1.70. The summed E-state index contributed by atoms with van der Waals surface area (Å²) in [6, 6.07) is 7.69. The molecule has 1 aliphatic carbocycles. The Morgan fingerprint density at radius 1 is 1.13 bits per heavy atom. The van der Waals surface area contributed by atoms with E-state index in [0.29, 0.717) is 37.4 Å². The standard InChI is InChI=1S/C23H30N2O3S2/c1-17-11-14-29-22(17)16-24(2)23(26)19-9-12-25(13-10-19)30(27,28)21-8-7-18-5-3-4-6-20(18)15-21/h7-8,11,14-15,19H,3-6,9-10,12-13,16H2,1-2H3. The summed E-state index contributed by atoms with van der Waals surface area (Å²) in [5.41, 5.74) is 3.68. The monoisotopic (exact) mass is 446 g/mol. The number of aryl methyl sites for hydroxylation is 3. The van der Waals surface area contributed by atoms with Crippen LogP contribution in [0.15, 0.2) is 34.5 Å². The maximum atomic E-state index is 13.2. The second-order valence-electron chi connectivity index (χ2n) is 8.54. The first kappa shape index (κ1) is 21.5. The number of nitrogens with zero attached hydrogens (tertiary/aromatic N) is 2. The Bertz CT molecular complexity index is 1020. The zero-order chi connectivity index (χ0) is 21.3. The smallest absolute Gasteiger partial charge is 0.243 e. The van der Waals surface area contributed by atoms with Crippen molar-refractivity contribution in [2.45, 2.75) is 56.9 Å². The number of benzene rings is 1. The van der Waals surface area contributed by atoms with Crippen molar-refractivity contribution < 1.29 is 13.2 Å². The molecular formula is C23H30N2O3S2. The van der Waals surface area contributed by atoms with Gasteiger partial charge in [0.15, 0.2) is 0 Å². The van der Waals surface area contributed by atoms with Crippen LogP contribution in [0.5, 0.6) is 0 Å². The van der Waals surface area contributed by atoms with Gasteiger partial charge in [-0.05, 0) is 85.7 Å². The van der Waals surface area contributed by atoms with Crippen LogP contribution < -0.4 is 0 Å². The molecule has 5 nitrogen and oxygen atoms in total. The lowest BCUT2D eigenvalue weighted by Gasteiger charge is -2.32. The van der Waals surface area contributed by atoms with Crippen LogP contribution >= 0.6 is 11.3 Å². The molecule has 0 saturated carbocycles. The van der Waals surface area contributed by atoms with E-state index < -0.39 is 10.0 Å². The highest BCUT2D eigenvalue weighted by atomic mass is 32.2. The molecule has 0 unspecified atom stereocenters. The number of fused-ring (bicyclic) bond motifs is 1. The van der Waals surface area contributed by atoms with Crippen LogP contribution in [0.4, 0.5) is 0 Å². The van der Waals surface area contributed by atoms with E-state index in [1.165, 1.54) is 28.0 Å². The van der Waals surface area contributed by atoms with Crippen molar-refractivity contribution in [2.24, 2.45) is 5.92 Å². The summed E-state index contributed by atoms with van der Waals surface area (Å²) < 4.78 is 27.9. The minimum absolute atomic E-state index is 0.106. The van der Waals surface area contributed by atoms with Gasteiger partial charge in [-0.15, -0.1) is 11.3 Å². The van der Waals surface area contributed by atoms with Crippen LogP contribution in [-0.4, -0.2) is 43.7 Å². The van der Waals surface area contributed by atoms with Crippen LogP contribution in [0.25, 0.3) is 0 Å². The van der Waals surface area contributed by atoms with Gasteiger partial charge in [-0.25, -0.2) is 8.42 Å². The van der Waals surface area contributed by atoms with E-state index in [1.54, 1.807) is 26.6 Å². The van der Waals surface area contributed by atoms with E-state index in [9.17, 15) is 13.2 Å². The van der Waals surface area contributed by atoms with Crippen molar-refractivity contribution in [2.75, 3.05) is 20.1 Å². The van der Waals surface area contributed by atoms with Crippen molar-refractivity contribution in [3.63, 3.8) is 0 Å². The number of rotatable bonds is 5. The molecule has 2 aliphatic rings. The molecular weight excluding hydrogens is 416 g/mol. The van der Waals surface area contributed by atoms with E-state index in [0.717, 1.165) is 19.3 Å². The maximum absolute atomic E-state index is 13.2. The topological polar surface area (TPSA) is 57.7 Å². The quantitative estimate of drug-likeness (QED) is 0.698. The van der Waals surface area contributed by atoms with E-state index in [4.69, 9.17) is 0 Å². The number of amides is 1. The lowest BCUT2D eigenvalue weighted by Crippen LogP contribution is -2.43. The third-order valence-corrected chi connectivity index (χ3v) is 9.39. The zero-order valence-electron chi connectivity index (χ0n) is 17.8. The molecule has 2 aromatic rings. The van der Waals surface area contributed by atoms with Gasteiger partial charge >= 0.3 is 0 Å². The first-order chi connectivity index (χ1) is 14.4. The van der Waals surface area contributed by atoms with Crippen LogP contribution in [0.1, 0.15) is 47.3 Å². The zero-order valence-corrected chi connectivity index (χ0v) is 19.4. The molecule has 0 bridgehead atoms. The van der Waals surface area contributed by atoms with E-state index in [2.05, 4.69) is 13.0 Å². The number of hydrogen-bond donors (Lipinski definition) is 0. The minimum atomic E-state index is -3.50. The van der Waals surface area contributed by atoms with Crippen LogP contribution in [0.3, 0.4) is 0 Å². The highest BCUT2D eigenvalue weighted by molar-refractivity contribution is 7.89. The van der Waals surface area contributed by atoms with Crippen molar-refractivity contribution in [1.82, 2.24) is 9.21 Å². The fourth-order valence-electron chi connectivity index (χ4n) is 4.53. The third-order valence-electron chi connectivity index (χ3n) is 6.49.